The minimum absolute atomic E-state index is 0.0331. The van der Waals surface area contributed by atoms with Gasteiger partial charge in [0.05, 0.1) is 0 Å². The molecule has 0 saturated carbocycles. The molecule has 2 aromatic carbocycles. The summed E-state index contributed by atoms with van der Waals surface area (Å²) < 4.78 is 5.64. The van der Waals surface area contributed by atoms with E-state index in [0.29, 0.717) is 23.5 Å². The average Bonchev–Trinajstić information content (AvgIpc) is 2.46. The smallest absolute Gasteiger partial charge is 0.122 e. The first-order valence-electron chi connectivity index (χ1n) is 6.07. The van der Waals surface area contributed by atoms with Crippen molar-refractivity contribution in [1.29, 1.82) is 10.8 Å². The van der Waals surface area contributed by atoms with E-state index in [4.69, 9.17) is 27.0 Å². The quantitative estimate of drug-likeness (QED) is 0.490. The van der Waals surface area contributed by atoms with Crippen LogP contribution in [-0.2, 0) is 6.61 Å². The molecule has 5 heteroatoms. The van der Waals surface area contributed by atoms with E-state index in [1.807, 2.05) is 18.2 Å². The van der Waals surface area contributed by atoms with Gasteiger partial charge in [0.25, 0.3) is 0 Å². The SMILES string of the molecule is N=C(N)c1ccc(OCc2cccc(C(=N)N)c2)cc1. The van der Waals surface area contributed by atoms with Crippen molar-refractivity contribution in [3.05, 3.63) is 65.2 Å². The average molecular weight is 268 g/mol. The highest BCUT2D eigenvalue weighted by molar-refractivity contribution is 5.95. The molecule has 0 unspecified atom stereocenters. The van der Waals surface area contributed by atoms with Crippen LogP contribution in [0.1, 0.15) is 16.7 Å². The van der Waals surface area contributed by atoms with Crippen LogP contribution in [-0.4, -0.2) is 11.7 Å². The van der Waals surface area contributed by atoms with Crippen LogP contribution in [0.4, 0.5) is 0 Å². The molecule has 0 aromatic heterocycles. The van der Waals surface area contributed by atoms with Gasteiger partial charge in [-0.15, -0.1) is 0 Å². The number of nitrogens with two attached hydrogens (primary N) is 2. The van der Waals surface area contributed by atoms with E-state index in [9.17, 15) is 0 Å². The Morgan fingerprint density at radius 1 is 0.900 bits per heavy atom. The molecule has 0 heterocycles. The van der Waals surface area contributed by atoms with Crippen molar-refractivity contribution in [1.82, 2.24) is 0 Å². The largest absolute Gasteiger partial charge is 0.489 e. The first-order valence-corrected chi connectivity index (χ1v) is 6.07. The van der Waals surface area contributed by atoms with Crippen LogP contribution in [0.3, 0.4) is 0 Å². The summed E-state index contributed by atoms with van der Waals surface area (Å²) in [7, 11) is 0. The molecule has 0 spiro atoms. The number of hydrogen-bond acceptors (Lipinski definition) is 3. The second-order valence-electron chi connectivity index (χ2n) is 4.34. The zero-order chi connectivity index (χ0) is 14.5. The molecular weight excluding hydrogens is 252 g/mol. The van der Waals surface area contributed by atoms with Crippen LogP contribution >= 0.6 is 0 Å². The molecule has 0 amide bonds. The zero-order valence-electron chi connectivity index (χ0n) is 10.9. The number of benzene rings is 2. The topological polar surface area (TPSA) is 109 Å². The summed E-state index contributed by atoms with van der Waals surface area (Å²) in [6.45, 7) is 0.389. The van der Waals surface area contributed by atoms with E-state index in [2.05, 4.69) is 0 Å². The lowest BCUT2D eigenvalue weighted by Crippen LogP contribution is -2.11. The molecule has 0 fully saturated rings. The highest BCUT2D eigenvalue weighted by Crippen LogP contribution is 2.14. The Hall–Kier alpha value is -2.82. The maximum atomic E-state index is 7.40. The molecule has 0 aliphatic rings. The van der Waals surface area contributed by atoms with Gasteiger partial charge >= 0.3 is 0 Å². The van der Waals surface area contributed by atoms with Gasteiger partial charge in [-0.1, -0.05) is 18.2 Å². The highest BCUT2D eigenvalue weighted by atomic mass is 16.5. The Morgan fingerprint density at radius 3 is 2.15 bits per heavy atom. The number of hydrogen-bond donors (Lipinski definition) is 4. The summed E-state index contributed by atoms with van der Waals surface area (Å²) in [5.74, 6) is 0.770. The highest BCUT2D eigenvalue weighted by Gasteiger charge is 2.01. The molecule has 102 valence electrons. The zero-order valence-corrected chi connectivity index (χ0v) is 10.9. The van der Waals surface area contributed by atoms with Gasteiger partial charge in [0, 0.05) is 11.1 Å². The first kappa shape index (κ1) is 13.6. The first-order chi connectivity index (χ1) is 9.56. The molecular formula is C15H16N4O. The molecule has 0 radical (unpaired) electrons. The van der Waals surface area contributed by atoms with E-state index in [-0.39, 0.29) is 11.7 Å². The number of amidine groups is 2. The summed E-state index contributed by atoms with van der Waals surface area (Å²) in [4.78, 5) is 0. The standard InChI is InChI=1S/C15H16N4O/c16-14(17)11-4-6-13(7-5-11)20-9-10-2-1-3-12(8-10)15(18)19/h1-8H,9H2,(H3,16,17)(H3,18,19). The molecule has 0 bridgehead atoms. The van der Waals surface area contributed by atoms with E-state index in [1.165, 1.54) is 0 Å². The third kappa shape index (κ3) is 3.35. The van der Waals surface area contributed by atoms with Gasteiger partial charge in [0.15, 0.2) is 0 Å². The van der Waals surface area contributed by atoms with Gasteiger partial charge in [-0.25, -0.2) is 0 Å². The lowest BCUT2D eigenvalue weighted by Gasteiger charge is -2.08. The molecule has 0 aliphatic carbocycles. The molecule has 2 aromatic rings. The minimum Gasteiger partial charge on any atom is -0.489 e. The minimum atomic E-state index is 0.0331. The number of nitrogen functional groups attached to an aromatic ring is 2. The number of rotatable bonds is 5. The Kier molecular flexibility index (Phi) is 4.00. The monoisotopic (exact) mass is 268 g/mol. The molecule has 0 atom stereocenters. The molecule has 5 nitrogen and oxygen atoms in total. The number of ether oxygens (including phenoxy) is 1. The summed E-state index contributed by atoms with van der Waals surface area (Å²) >= 11 is 0. The van der Waals surface area contributed by atoms with Crippen molar-refractivity contribution < 1.29 is 4.74 Å². The Balaban J connectivity index is 2.03. The maximum Gasteiger partial charge on any atom is 0.122 e. The molecule has 0 aliphatic heterocycles. The lowest BCUT2D eigenvalue weighted by molar-refractivity contribution is 0.306. The van der Waals surface area contributed by atoms with E-state index in [0.717, 1.165) is 5.56 Å². The van der Waals surface area contributed by atoms with Gasteiger partial charge in [0.2, 0.25) is 0 Å². The van der Waals surface area contributed by atoms with Gasteiger partial charge < -0.3 is 16.2 Å². The second-order valence-corrected chi connectivity index (χ2v) is 4.34. The Morgan fingerprint density at radius 2 is 1.55 bits per heavy atom. The van der Waals surface area contributed by atoms with E-state index < -0.39 is 0 Å². The van der Waals surface area contributed by atoms with Crippen LogP contribution in [0, 0.1) is 10.8 Å². The van der Waals surface area contributed by atoms with Crippen LogP contribution in [0.5, 0.6) is 5.75 Å². The van der Waals surface area contributed by atoms with Crippen molar-refractivity contribution in [2.75, 3.05) is 0 Å². The fourth-order valence-corrected chi connectivity index (χ4v) is 1.73. The van der Waals surface area contributed by atoms with Crippen molar-refractivity contribution >= 4 is 11.7 Å². The predicted octanol–water partition coefficient (Wildman–Crippen LogP) is 1.83. The summed E-state index contributed by atoms with van der Waals surface area (Å²) in [5.41, 5.74) is 13.1. The molecule has 6 N–H and O–H groups in total. The summed E-state index contributed by atoms with van der Waals surface area (Å²) in [5, 5.41) is 14.7. The predicted molar refractivity (Wildman–Crippen MR) is 79.2 cm³/mol. The Labute approximate surface area is 117 Å². The molecule has 0 saturated heterocycles. The van der Waals surface area contributed by atoms with Gasteiger partial charge in [-0.2, -0.15) is 0 Å². The van der Waals surface area contributed by atoms with Crippen molar-refractivity contribution in [2.45, 2.75) is 6.61 Å². The maximum absolute atomic E-state index is 7.40. The van der Waals surface area contributed by atoms with Crippen molar-refractivity contribution in [3.63, 3.8) is 0 Å². The van der Waals surface area contributed by atoms with Crippen molar-refractivity contribution in [2.24, 2.45) is 11.5 Å². The van der Waals surface area contributed by atoms with E-state index >= 15 is 0 Å². The molecule has 2 rings (SSSR count). The number of nitrogens with one attached hydrogen (secondary N) is 2. The van der Waals surface area contributed by atoms with Gasteiger partial charge in [-0.05, 0) is 35.9 Å². The lowest BCUT2D eigenvalue weighted by atomic mass is 10.1. The normalized spacial score (nSPS) is 10.0. The fraction of sp³-hybridized carbons (Fsp3) is 0.0667. The van der Waals surface area contributed by atoms with Gasteiger partial charge in [-0.3, -0.25) is 10.8 Å². The summed E-state index contributed by atoms with van der Waals surface area (Å²) in [6, 6.07) is 14.4. The molecule has 20 heavy (non-hydrogen) atoms. The van der Waals surface area contributed by atoms with Crippen LogP contribution in [0.15, 0.2) is 48.5 Å². The second kappa shape index (κ2) is 5.88. The third-order valence-electron chi connectivity index (χ3n) is 2.81. The third-order valence-corrected chi connectivity index (χ3v) is 2.81. The van der Waals surface area contributed by atoms with Crippen LogP contribution in [0.2, 0.25) is 0 Å². The van der Waals surface area contributed by atoms with Crippen LogP contribution in [0.25, 0.3) is 0 Å². The van der Waals surface area contributed by atoms with Crippen molar-refractivity contribution in [3.8, 4) is 5.75 Å². The van der Waals surface area contributed by atoms with Crippen LogP contribution < -0.4 is 16.2 Å². The van der Waals surface area contributed by atoms with E-state index in [1.54, 1.807) is 30.3 Å². The summed E-state index contributed by atoms with van der Waals surface area (Å²) in [6.07, 6.45) is 0. The van der Waals surface area contributed by atoms with Gasteiger partial charge in [0.1, 0.15) is 24.0 Å². The fourth-order valence-electron chi connectivity index (χ4n) is 1.73. The Bertz CT molecular complexity index is 635.